The molecule has 0 unspecified atom stereocenters. The van der Waals surface area contributed by atoms with E-state index in [0.29, 0.717) is 11.7 Å². The van der Waals surface area contributed by atoms with Crippen molar-refractivity contribution in [3.63, 3.8) is 0 Å². The van der Waals surface area contributed by atoms with Gasteiger partial charge in [0.05, 0.1) is 6.61 Å². The maximum absolute atomic E-state index is 5.53. The second kappa shape index (κ2) is 5.97. The molecule has 0 aromatic carbocycles. The van der Waals surface area contributed by atoms with Crippen LogP contribution in [0.5, 0.6) is 0 Å². The minimum Gasteiger partial charge on any atom is -0.380 e. The fourth-order valence-corrected chi connectivity index (χ4v) is 2.24. The average molecular weight is 251 g/mol. The van der Waals surface area contributed by atoms with Gasteiger partial charge < -0.3 is 15.1 Å². The molecule has 0 aliphatic carbocycles. The Labute approximate surface area is 108 Å². The van der Waals surface area contributed by atoms with E-state index < -0.39 is 0 Å². The van der Waals surface area contributed by atoms with Crippen molar-refractivity contribution in [2.45, 2.75) is 26.2 Å². The molecular formula is C12H21N5O. The number of ether oxygens (including phenoxy) is 1. The van der Waals surface area contributed by atoms with Crippen LogP contribution in [0.4, 0.5) is 11.6 Å². The molecule has 1 aromatic heterocycles. The molecule has 2 heterocycles. The van der Waals surface area contributed by atoms with Gasteiger partial charge in [0.15, 0.2) is 0 Å². The predicted octanol–water partition coefficient (Wildman–Crippen LogP) is 1.11. The van der Waals surface area contributed by atoms with E-state index in [1.54, 1.807) is 6.33 Å². The zero-order valence-electron chi connectivity index (χ0n) is 11.0. The summed E-state index contributed by atoms with van der Waals surface area (Å²) in [6.07, 6.45) is 2.58. The van der Waals surface area contributed by atoms with Crippen molar-refractivity contribution in [2.24, 2.45) is 5.84 Å². The van der Waals surface area contributed by atoms with Gasteiger partial charge in [-0.05, 0) is 12.3 Å². The summed E-state index contributed by atoms with van der Waals surface area (Å²) < 4.78 is 5.48. The van der Waals surface area contributed by atoms with Gasteiger partial charge in [0.1, 0.15) is 18.0 Å². The van der Waals surface area contributed by atoms with E-state index in [1.807, 2.05) is 0 Å². The number of hydrogen-bond donors (Lipinski definition) is 2. The lowest BCUT2D eigenvalue weighted by molar-refractivity contribution is 0.152. The van der Waals surface area contributed by atoms with Crippen molar-refractivity contribution < 1.29 is 4.74 Å². The maximum Gasteiger partial charge on any atom is 0.148 e. The van der Waals surface area contributed by atoms with E-state index in [1.165, 1.54) is 0 Å². The normalized spacial score (nSPS) is 16.8. The second-order valence-electron chi connectivity index (χ2n) is 4.71. The monoisotopic (exact) mass is 251 g/mol. The van der Waals surface area contributed by atoms with Crippen LogP contribution in [0.15, 0.2) is 6.33 Å². The Kier molecular flexibility index (Phi) is 4.33. The Hall–Kier alpha value is -1.40. The standard InChI is InChI=1S/C12H21N5O/c1-9(2)10-11(16-13)14-8-15-12(10)17-4-3-6-18-7-5-17/h8-9H,3-7,13H2,1-2H3,(H,14,15,16). The fraction of sp³-hybridized carbons (Fsp3) is 0.667. The number of anilines is 2. The van der Waals surface area contributed by atoms with Crippen molar-refractivity contribution >= 4 is 11.6 Å². The van der Waals surface area contributed by atoms with Crippen molar-refractivity contribution in [1.29, 1.82) is 0 Å². The van der Waals surface area contributed by atoms with Gasteiger partial charge in [-0.15, -0.1) is 0 Å². The van der Waals surface area contributed by atoms with Gasteiger partial charge in [-0.3, -0.25) is 0 Å². The second-order valence-corrected chi connectivity index (χ2v) is 4.71. The Morgan fingerprint density at radius 3 is 2.89 bits per heavy atom. The third kappa shape index (κ3) is 2.70. The van der Waals surface area contributed by atoms with Crippen LogP contribution in [0.3, 0.4) is 0 Å². The van der Waals surface area contributed by atoms with Gasteiger partial charge in [0.25, 0.3) is 0 Å². The number of rotatable bonds is 3. The molecule has 1 fully saturated rings. The lowest BCUT2D eigenvalue weighted by Crippen LogP contribution is -2.29. The van der Waals surface area contributed by atoms with E-state index in [-0.39, 0.29) is 0 Å². The molecule has 0 saturated carbocycles. The molecule has 0 bridgehead atoms. The molecule has 2 rings (SSSR count). The Balaban J connectivity index is 2.35. The molecule has 1 aliphatic heterocycles. The van der Waals surface area contributed by atoms with Crippen LogP contribution in [0.1, 0.15) is 31.7 Å². The number of nitrogens with two attached hydrogens (primary N) is 1. The molecule has 0 spiro atoms. The van der Waals surface area contributed by atoms with Crippen LogP contribution < -0.4 is 16.2 Å². The summed E-state index contributed by atoms with van der Waals surface area (Å²) in [6.45, 7) is 7.63. The van der Waals surface area contributed by atoms with Gasteiger partial charge in [-0.2, -0.15) is 0 Å². The molecule has 3 N–H and O–H groups in total. The molecule has 6 nitrogen and oxygen atoms in total. The Morgan fingerprint density at radius 1 is 1.33 bits per heavy atom. The van der Waals surface area contributed by atoms with Crippen LogP contribution in [0.25, 0.3) is 0 Å². The average Bonchev–Trinajstić information content (AvgIpc) is 2.66. The summed E-state index contributed by atoms with van der Waals surface area (Å²) in [7, 11) is 0. The SMILES string of the molecule is CC(C)c1c(NN)ncnc1N1CCCOCC1. The molecule has 18 heavy (non-hydrogen) atoms. The molecule has 1 aliphatic rings. The summed E-state index contributed by atoms with van der Waals surface area (Å²) in [5, 5.41) is 0. The van der Waals surface area contributed by atoms with E-state index in [0.717, 1.165) is 44.1 Å². The molecule has 0 atom stereocenters. The number of hydrogen-bond acceptors (Lipinski definition) is 6. The zero-order valence-corrected chi connectivity index (χ0v) is 11.0. The molecule has 0 amide bonds. The number of nitrogens with zero attached hydrogens (tertiary/aromatic N) is 3. The minimum atomic E-state index is 0.316. The number of nitrogen functional groups attached to an aromatic ring is 1. The highest BCUT2D eigenvalue weighted by molar-refractivity contribution is 5.59. The van der Waals surface area contributed by atoms with Crippen LogP contribution in [0, 0.1) is 0 Å². The van der Waals surface area contributed by atoms with Gasteiger partial charge in [0.2, 0.25) is 0 Å². The van der Waals surface area contributed by atoms with Crippen molar-refractivity contribution in [3.05, 3.63) is 11.9 Å². The molecular weight excluding hydrogens is 230 g/mol. The van der Waals surface area contributed by atoms with Gasteiger partial charge in [-0.1, -0.05) is 13.8 Å². The number of nitrogens with one attached hydrogen (secondary N) is 1. The maximum atomic E-state index is 5.53. The highest BCUT2D eigenvalue weighted by Crippen LogP contribution is 2.30. The highest BCUT2D eigenvalue weighted by Gasteiger charge is 2.20. The van der Waals surface area contributed by atoms with Gasteiger partial charge >= 0.3 is 0 Å². The first-order chi connectivity index (χ1) is 8.74. The Morgan fingerprint density at radius 2 is 2.17 bits per heavy atom. The van der Waals surface area contributed by atoms with Crippen LogP contribution in [-0.4, -0.2) is 36.3 Å². The lowest BCUT2D eigenvalue weighted by atomic mass is 10.0. The summed E-state index contributed by atoms with van der Waals surface area (Å²) >= 11 is 0. The minimum absolute atomic E-state index is 0.316. The lowest BCUT2D eigenvalue weighted by Gasteiger charge is -2.25. The number of hydrazine groups is 1. The van der Waals surface area contributed by atoms with Crippen molar-refractivity contribution in [3.8, 4) is 0 Å². The van der Waals surface area contributed by atoms with Gasteiger partial charge in [-0.25, -0.2) is 15.8 Å². The van der Waals surface area contributed by atoms with Crippen LogP contribution in [0.2, 0.25) is 0 Å². The zero-order chi connectivity index (χ0) is 13.0. The summed E-state index contributed by atoms with van der Waals surface area (Å²) in [4.78, 5) is 10.9. The molecule has 1 aromatic rings. The quantitative estimate of drug-likeness (QED) is 0.619. The fourth-order valence-electron chi connectivity index (χ4n) is 2.24. The molecule has 100 valence electrons. The third-order valence-corrected chi connectivity index (χ3v) is 3.10. The van der Waals surface area contributed by atoms with E-state index in [9.17, 15) is 0 Å². The molecule has 1 saturated heterocycles. The Bertz CT molecular complexity index is 388. The summed E-state index contributed by atoms with van der Waals surface area (Å²) in [5.41, 5.74) is 3.73. The smallest absolute Gasteiger partial charge is 0.148 e. The highest BCUT2D eigenvalue weighted by atomic mass is 16.5. The van der Waals surface area contributed by atoms with Crippen LogP contribution in [-0.2, 0) is 4.74 Å². The first kappa shape index (κ1) is 13.0. The van der Waals surface area contributed by atoms with E-state index >= 15 is 0 Å². The van der Waals surface area contributed by atoms with E-state index in [4.69, 9.17) is 10.6 Å². The first-order valence-corrected chi connectivity index (χ1v) is 6.38. The van der Waals surface area contributed by atoms with Crippen LogP contribution >= 0.6 is 0 Å². The summed E-state index contributed by atoms with van der Waals surface area (Å²) in [6, 6.07) is 0. The topological polar surface area (TPSA) is 76.3 Å². The summed E-state index contributed by atoms with van der Waals surface area (Å²) in [5.74, 6) is 7.53. The largest absolute Gasteiger partial charge is 0.380 e. The predicted molar refractivity (Wildman–Crippen MR) is 71.6 cm³/mol. The first-order valence-electron chi connectivity index (χ1n) is 6.38. The van der Waals surface area contributed by atoms with Crippen molar-refractivity contribution in [2.75, 3.05) is 36.6 Å². The molecule has 6 heteroatoms. The van der Waals surface area contributed by atoms with Gasteiger partial charge in [0, 0.05) is 25.3 Å². The molecule has 0 radical (unpaired) electrons. The van der Waals surface area contributed by atoms with Crippen molar-refractivity contribution in [1.82, 2.24) is 9.97 Å². The van der Waals surface area contributed by atoms with E-state index in [2.05, 4.69) is 34.1 Å². The number of aromatic nitrogens is 2. The third-order valence-electron chi connectivity index (χ3n) is 3.10.